The Morgan fingerprint density at radius 1 is 1.21 bits per heavy atom. The summed E-state index contributed by atoms with van der Waals surface area (Å²) in [6.07, 6.45) is 3.47. The number of pyridine rings is 1. The third kappa shape index (κ3) is 5.60. The highest BCUT2D eigenvalue weighted by molar-refractivity contribution is 6.41. The molecule has 1 N–H and O–H groups in total. The Balaban J connectivity index is 2.30. The van der Waals surface area contributed by atoms with Crippen LogP contribution >= 0.6 is 34.8 Å². The van der Waals surface area contributed by atoms with E-state index >= 15 is 0 Å². The van der Waals surface area contributed by atoms with Gasteiger partial charge in [0, 0.05) is 18.8 Å². The number of aromatic nitrogens is 1. The number of carbonyl (C=O) groups is 2. The number of nitrogens with zero attached hydrogens (tertiary/aromatic N) is 3. The van der Waals surface area contributed by atoms with Crippen LogP contribution in [-0.4, -0.2) is 34.8 Å². The first-order valence-electron chi connectivity index (χ1n) is 8.73. The second kappa shape index (κ2) is 9.93. The minimum Gasteiger partial charge on any atom is -0.340 e. The molecule has 0 radical (unpaired) electrons. The van der Waals surface area contributed by atoms with Gasteiger partial charge in [-0.15, -0.1) is 0 Å². The van der Waals surface area contributed by atoms with Crippen molar-refractivity contribution >= 4 is 46.6 Å². The quantitative estimate of drug-likeness (QED) is 0.503. The number of amides is 2. The van der Waals surface area contributed by atoms with Gasteiger partial charge in [0.1, 0.15) is 6.04 Å². The standard InChI is InChI=1S/C20H19Cl3N4O2/c1-11(2)7-16(20(29)27(3)10-24)26-19(28)12-8-15(23)18(25-9-12)17-13(21)5-4-6-14(17)22/h4-6,8-9,11,16H,7H2,1-3H3,(H,26,28)/t16-/m0/s1. The van der Waals surface area contributed by atoms with Gasteiger partial charge >= 0.3 is 0 Å². The van der Waals surface area contributed by atoms with Crippen molar-refractivity contribution in [1.29, 1.82) is 5.26 Å². The van der Waals surface area contributed by atoms with Crippen LogP contribution in [0.3, 0.4) is 0 Å². The fraction of sp³-hybridized carbons (Fsp3) is 0.300. The Labute approximate surface area is 184 Å². The molecular formula is C20H19Cl3N4O2. The first-order valence-corrected chi connectivity index (χ1v) is 9.87. The van der Waals surface area contributed by atoms with E-state index in [2.05, 4.69) is 10.3 Å². The van der Waals surface area contributed by atoms with Crippen molar-refractivity contribution in [3.63, 3.8) is 0 Å². The van der Waals surface area contributed by atoms with Crippen LogP contribution in [-0.2, 0) is 4.79 Å². The number of halogens is 3. The molecule has 0 spiro atoms. The van der Waals surface area contributed by atoms with Crippen LogP contribution in [0, 0.1) is 17.4 Å². The van der Waals surface area contributed by atoms with Crippen LogP contribution in [0.15, 0.2) is 30.5 Å². The maximum Gasteiger partial charge on any atom is 0.257 e. The van der Waals surface area contributed by atoms with Crippen molar-refractivity contribution in [2.45, 2.75) is 26.3 Å². The summed E-state index contributed by atoms with van der Waals surface area (Å²) in [5.41, 5.74) is 0.984. The van der Waals surface area contributed by atoms with Gasteiger partial charge in [-0.25, -0.2) is 0 Å². The van der Waals surface area contributed by atoms with Gasteiger partial charge in [-0.2, -0.15) is 5.26 Å². The maximum absolute atomic E-state index is 12.7. The Hall–Kier alpha value is -2.33. The van der Waals surface area contributed by atoms with E-state index in [0.29, 0.717) is 27.7 Å². The third-order valence-electron chi connectivity index (χ3n) is 4.09. The zero-order valence-electron chi connectivity index (χ0n) is 16.0. The van der Waals surface area contributed by atoms with Gasteiger partial charge in [-0.3, -0.25) is 19.5 Å². The zero-order valence-corrected chi connectivity index (χ0v) is 18.3. The second-order valence-corrected chi connectivity index (χ2v) is 8.03. The maximum atomic E-state index is 12.7. The highest BCUT2D eigenvalue weighted by Gasteiger charge is 2.26. The van der Waals surface area contributed by atoms with E-state index in [1.54, 1.807) is 24.4 Å². The molecule has 0 aliphatic rings. The van der Waals surface area contributed by atoms with Crippen molar-refractivity contribution in [2.24, 2.45) is 5.92 Å². The summed E-state index contributed by atoms with van der Waals surface area (Å²) in [6.45, 7) is 3.83. The van der Waals surface area contributed by atoms with Crippen LogP contribution in [0.1, 0.15) is 30.6 Å². The normalized spacial score (nSPS) is 11.7. The zero-order chi connectivity index (χ0) is 21.7. The van der Waals surface area contributed by atoms with Crippen molar-refractivity contribution in [2.75, 3.05) is 7.05 Å². The van der Waals surface area contributed by atoms with E-state index in [9.17, 15) is 9.59 Å². The molecule has 0 unspecified atom stereocenters. The number of likely N-dealkylation sites (N-methyl/N-ethyl adjacent to an activating group) is 1. The molecule has 0 saturated heterocycles. The Kier molecular flexibility index (Phi) is 7.86. The Morgan fingerprint density at radius 3 is 2.34 bits per heavy atom. The lowest BCUT2D eigenvalue weighted by Gasteiger charge is -2.21. The Morgan fingerprint density at radius 2 is 1.83 bits per heavy atom. The molecule has 2 rings (SSSR count). The van der Waals surface area contributed by atoms with Crippen LogP contribution in [0.25, 0.3) is 11.3 Å². The first kappa shape index (κ1) is 23.0. The summed E-state index contributed by atoms with van der Waals surface area (Å²) in [5.74, 6) is -0.891. The number of carbonyl (C=O) groups excluding carboxylic acids is 2. The largest absolute Gasteiger partial charge is 0.340 e. The number of nitrogens with one attached hydrogen (secondary N) is 1. The number of rotatable bonds is 6. The molecular weight excluding hydrogens is 435 g/mol. The molecule has 2 aromatic rings. The van der Waals surface area contributed by atoms with Crippen LogP contribution in [0.5, 0.6) is 0 Å². The molecule has 9 heteroatoms. The van der Waals surface area contributed by atoms with Crippen molar-refractivity contribution < 1.29 is 9.59 Å². The molecule has 0 bridgehead atoms. The highest BCUT2D eigenvalue weighted by Crippen LogP contribution is 2.37. The van der Waals surface area contributed by atoms with Gasteiger partial charge < -0.3 is 5.32 Å². The minimum absolute atomic E-state index is 0.128. The van der Waals surface area contributed by atoms with E-state index < -0.39 is 17.9 Å². The molecule has 0 saturated carbocycles. The number of benzene rings is 1. The summed E-state index contributed by atoms with van der Waals surface area (Å²) in [4.78, 5) is 30.2. The van der Waals surface area contributed by atoms with E-state index in [0.717, 1.165) is 4.90 Å². The van der Waals surface area contributed by atoms with Crippen LogP contribution < -0.4 is 5.32 Å². The summed E-state index contributed by atoms with van der Waals surface area (Å²) in [5, 5.41) is 12.6. The predicted molar refractivity (Wildman–Crippen MR) is 114 cm³/mol. The summed E-state index contributed by atoms with van der Waals surface area (Å²) in [6, 6.07) is 5.62. The average Bonchev–Trinajstić information content (AvgIpc) is 2.66. The van der Waals surface area contributed by atoms with Gasteiger partial charge in [0.05, 0.1) is 26.3 Å². The van der Waals surface area contributed by atoms with Gasteiger partial charge in [0.25, 0.3) is 11.8 Å². The molecule has 1 aromatic carbocycles. The van der Waals surface area contributed by atoms with E-state index in [1.807, 2.05) is 13.8 Å². The molecule has 0 aliphatic carbocycles. The van der Waals surface area contributed by atoms with E-state index in [4.69, 9.17) is 40.1 Å². The topological polar surface area (TPSA) is 86.1 Å². The van der Waals surface area contributed by atoms with Gasteiger partial charge in [0.15, 0.2) is 6.19 Å². The molecule has 6 nitrogen and oxygen atoms in total. The Bertz CT molecular complexity index is 952. The molecule has 0 aliphatic heterocycles. The highest BCUT2D eigenvalue weighted by atomic mass is 35.5. The van der Waals surface area contributed by atoms with Crippen molar-refractivity contribution in [3.8, 4) is 17.5 Å². The molecule has 2 amide bonds. The molecule has 1 aromatic heterocycles. The van der Waals surface area contributed by atoms with Crippen molar-refractivity contribution in [3.05, 3.63) is 51.1 Å². The summed E-state index contributed by atoms with van der Waals surface area (Å²) in [7, 11) is 1.35. The predicted octanol–water partition coefficient (Wildman–Crippen LogP) is 4.79. The molecule has 0 fully saturated rings. The van der Waals surface area contributed by atoms with E-state index in [-0.39, 0.29) is 16.5 Å². The third-order valence-corrected chi connectivity index (χ3v) is 5.01. The summed E-state index contributed by atoms with van der Waals surface area (Å²) < 4.78 is 0. The SMILES string of the molecule is CC(C)C[C@H](NC(=O)c1cnc(-c2c(Cl)cccc2Cl)c(Cl)c1)C(=O)N(C)C#N. The number of hydrogen-bond donors (Lipinski definition) is 1. The molecule has 1 heterocycles. The molecule has 29 heavy (non-hydrogen) atoms. The summed E-state index contributed by atoms with van der Waals surface area (Å²) >= 11 is 18.7. The monoisotopic (exact) mass is 452 g/mol. The lowest BCUT2D eigenvalue weighted by molar-refractivity contribution is -0.129. The average molecular weight is 454 g/mol. The second-order valence-electron chi connectivity index (χ2n) is 6.80. The molecule has 1 atom stereocenters. The van der Waals surface area contributed by atoms with Crippen LogP contribution in [0.4, 0.5) is 0 Å². The molecule has 152 valence electrons. The lowest BCUT2D eigenvalue weighted by atomic mass is 10.0. The number of hydrogen-bond acceptors (Lipinski definition) is 4. The van der Waals surface area contributed by atoms with Gasteiger partial charge in [0.2, 0.25) is 0 Å². The van der Waals surface area contributed by atoms with Gasteiger partial charge in [-0.1, -0.05) is 54.7 Å². The lowest BCUT2D eigenvalue weighted by Crippen LogP contribution is -2.46. The number of nitriles is 1. The fourth-order valence-corrected chi connectivity index (χ4v) is 3.52. The minimum atomic E-state index is -0.844. The fourth-order valence-electron chi connectivity index (χ4n) is 2.69. The first-order chi connectivity index (χ1) is 13.6. The smallest absolute Gasteiger partial charge is 0.257 e. The van der Waals surface area contributed by atoms with Crippen molar-refractivity contribution in [1.82, 2.24) is 15.2 Å². The van der Waals surface area contributed by atoms with Gasteiger partial charge in [-0.05, 0) is 30.5 Å². The van der Waals surface area contributed by atoms with E-state index in [1.165, 1.54) is 19.3 Å². The van der Waals surface area contributed by atoms with Crippen LogP contribution in [0.2, 0.25) is 15.1 Å².